The van der Waals surface area contributed by atoms with Gasteiger partial charge in [0.1, 0.15) is 18.3 Å². The zero-order valence-electron chi connectivity index (χ0n) is 12.1. The van der Waals surface area contributed by atoms with E-state index in [0.717, 1.165) is 12.1 Å². The Balaban J connectivity index is 2.23. The van der Waals surface area contributed by atoms with Crippen LogP contribution in [0.4, 0.5) is 11.4 Å². The zero-order chi connectivity index (χ0) is 18.0. The van der Waals surface area contributed by atoms with Crippen LogP contribution in [0.25, 0.3) is 0 Å². The normalized spacial score (nSPS) is 26.6. The molecule has 1 aromatic rings. The fourth-order valence-electron chi connectivity index (χ4n) is 2.38. The number of nitro groups is 2. The van der Waals surface area contributed by atoms with Gasteiger partial charge in [0.05, 0.1) is 27.6 Å². The van der Waals surface area contributed by atoms with Gasteiger partial charge in [0.25, 0.3) is 11.4 Å². The average molecular weight is 342 g/mol. The van der Waals surface area contributed by atoms with Crippen molar-refractivity contribution in [1.82, 2.24) is 0 Å². The first-order valence-electron chi connectivity index (χ1n) is 6.89. The van der Waals surface area contributed by atoms with Crippen LogP contribution in [0.5, 0.6) is 0 Å². The molecule has 2 rings (SSSR count). The minimum absolute atomic E-state index is 0.0577. The van der Waals surface area contributed by atoms with E-state index in [1.807, 2.05) is 0 Å². The molecule has 130 valence electrons. The molecule has 0 amide bonds. The maximum absolute atomic E-state index is 12.1. The molecular weight excluding hydrogens is 328 g/mol. The van der Waals surface area contributed by atoms with Crippen LogP contribution in [0.2, 0.25) is 0 Å². The number of ether oxygens (including phenoxy) is 1. The Morgan fingerprint density at radius 3 is 2.04 bits per heavy atom. The molecule has 1 aliphatic carbocycles. The number of esters is 1. The van der Waals surface area contributed by atoms with E-state index in [0.29, 0.717) is 6.07 Å². The van der Waals surface area contributed by atoms with Gasteiger partial charge >= 0.3 is 5.97 Å². The number of hydrogen-bond acceptors (Lipinski definition) is 9. The number of nitro benzene ring substituents is 2. The average Bonchev–Trinajstić information content (AvgIpc) is 2.54. The van der Waals surface area contributed by atoms with Crippen molar-refractivity contribution >= 4 is 17.3 Å². The second-order valence-corrected chi connectivity index (χ2v) is 5.32. The highest BCUT2D eigenvalue weighted by molar-refractivity contribution is 5.91. The molecule has 0 saturated heterocycles. The summed E-state index contributed by atoms with van der Waals surface area (Å²) in [6.45, 7) is 0. The molecule has 0 bridgehead atoms. The fourth-order valence-corrected chi connectivity index (χ4v) is 2.38. The predicted octanol–water partition coefficient (Wildman–Crippen LogP) is -0.0951. The van der Waals surface area contributed by atoms with Crippen molar-refractivity contribution in [2.45, 2.75) is 37.3 Å². The Bertz CT molecular complexity index is 645. The summed E-state index contributed by atoms with van der Waals surface area (Å²) in [5.74, 6) is -1.12. The molecular formula is C13H14N2O9. The molecule has 3 N–H and O–H groups in total. The standard InChI is InChI=1S/C13H14N2O9/c16-9-1-2-10(12(18)11(9)17)24-13(19)6-3-7(14(20)21)5-8(4-6)15(22)23/h3-5,9-12,16-18H,1-2H2/t9-,10-,11+,12-/m0/s1. The van der Waals surface area contributed by atoms with Crippen LogP contribution in [0.3, 0.4) is 0 Å². The number of rotatable bonds is 4. The summed E-state index contributed by atoms with van der Waals surface area (Å²) in [6, 6.07) is 2.33. The van der Waals surface area contributed by atoms with Crippen molar-refractivity contribution < 1.29 is 34.7 Å². The Morgan fingerprint density at radius 1 is 1.00 bits per heavy atom. The Hall–Kier alpha value is -2.63. The Morgan fingerprint density at radius 2 is 1.54 bits per heavy atom. The smallest absolute Gasteiger partial charge is 0.339 e. The molecule has 24 heavy (non-hydrogen) atoms. The first kappa shape index (κ1) is 17.7. The Kier molecular flexibility index (Phi) is 5.07. The topological polar surface area (TPSA) is 173 Å². The summed E-state index contributed by atoms with van der Waals surface area (Å²) < 4.78 is 4.97. The molecule has 1 aromatic carbocycles. The number of benzene rings is 1. The molecule has 0 heterocycles. The number of aliphatic hydroxyl groups is 3. The van der Waals surface area contributed by atoms with Gasteiger partial charge < -0.3 is 20.1 Å². The molecule has 0 radical (unpaired) electrons. The Labute approximate surface area is 134 Å². The van der Waals surface area contributed by atoms with Gasteiger partial charge in [0.15, 0.2) is 0 Å². The van der Waals surface area contributed by atoms with E-state index in [9.17, 15) is 40.3 Å². The van der Waals surface area contributed by atoms with Crippen molar-refractivity contribution in [3.8, 4) is 0 Å². The molecule has 0 spiro atoms. The second kappa shape index (κ2) is 6.86. The largest absolute Gasteiger partial charge is 0.456 e. The molecule has 1 aliphatic rings. The number of aliphatic hydroxyl groups excluding tert-OH is 3. The molecule has 1 fully saturated rings. The molecule has 0 unspecified atom stereocenters. The maximum Gasteiger partial charge on any atom is 0.339 e. The van der Waals surface area contributed by atoms with E-state index >= 15 is 0 Å². The van der Waals surface area contributed by atoms with E-state index < -0.39 is 57.2 Å². The van der Waals surface area contributed by atoms with Gasteiger partial charge in [0.2, 0.25) is 0 Å². The van der Waals surface area contributed by atoms with Crippen LogP contribution < -0.4 is 0 Å². The number of nitrogens with zero attached hydrogens (tertiary/aromatic N) is 2. The van der Waals surface area contributed by atoms with Gasteiger partial charge in [-0.05, 0) is 12.8 Å². The van der Waals surface area contributed by atoms with Crippen LogP contribution in [0, 0.1) is 20.2 Å². The highest BCUT2D eigenvalue weighted by atomic mass is 16.6. The van der Waals surface area contributed by atoms with E-state index in [1.165, 1.54) is 0 Å². The third-order valence-electron chi connectivity index (χ3n) is 3.69. The van der Waals surface area contributed by atoms with Crippen LogP contribution >= 0.6 is 0 Å². The maximum atomic E-state index is 12.1. The van der Waals surface area contributed by atoms with Gasteiger partial charge in [-0.25, -0.2) is 4.79 Å². The van der Waals surface area contributed by atoms with Crippen LogP contribution in [-0.4, -0.2) is 55.6 Å². The highest BCUT2D eigenvalue weighted by Gasteiger charge is 2.39. The second-order valence-electron chi connectivity index (χ2n) is 5.32. The van der Waals surface area contributed by atoms with Gasteiger partial charge in [-0.2, -0.15) is 0 Å². The summed E-state index contributed by atoms with van der Waals surface area (Å²) in [5, 5.41) is 50.4. The lowest BCUT2D eigenvalue weighted by Crippen LogP contribution is -2.50. The van der Waals surface area contributed by atoms with Gasteiger partial charge in [-0.1, -0.05) is 0 Å². The summed E-state index contributed by atoms with van der Waals surface area (Å²) in [4.78, 5) is 31.9. The number of carbonyl (C=O) groups excluding carboxylic acids is 1. The highest BCUT2D eigenvalue weighted by Crippen LogP contribution is 2.26. The van der Waals surface area contributed by atoms with E-state index in [1.54, 1.807) is 0 Å². The summed E-state index contributed by atoms with van der Waals surface area (Å²) >= 11 is 0. The molecule has 0 aliphatic heterocycles. The SMILES string of the molecule is O=C(O[C@H]1CC[C@H](O)[C@@H](O)[C@H]1O)c1cc([N+](=O)[O-])cc([N+](=O)[O-])c1. The third-order valence-corrected chi connectivity index (χ3v) is 3.69. The molecule has 11 nitrogen and oxygen atoms in total. The number of hydrogen-bond donors (Lipinski definition) is 3. The van der Waals surface area contributed by atoms with E-state index in [-0.39, 0.29) is 12.8 Å². The first-order valence-corrected chi connectivity index (χ1v) is 6.89. The van der Waals surface area contributed by atoms with Crippen molar-refractivity contribution in [3.05, 3.63) is 44.0 Å². The lowest BCUT2D eigenvalue weighted by atomic mass is 9.89. The van der Waals surface area contributed by atoms with Crippen molar-refractivity contribution in [2.24, 2.45) is 0 Å². The van der Waals surface area contributed by atoms with Crippen LogP contribution in [-0.2, 0) is 4.74 Å². The summed E-state index contributed by atoms with van der Waals surface area (Å²) in [5.41, 5.74) is -1.74. The fraction of sp³-hybridized carbons (Fsp3) is 0.462. The monoisotopic (exact) mass is 342 g/mol. The lowest BCUT2D eigenvalue weighted by Gasteiger charge is -2.34. The number of carbonyl (C=O) groups is 1. The molecule has 4 atom stereocenters. The predicted molar refractivity (Wildman–Crippen MR) is 76.2 cm³/mol. The molecule has 0 aromatic heterocycles. The van der Waals surface area contributed by atoms with E-state index in [4.69, 9.17) is 4.74 Å². The van der Waals surface area contributed by atoms with Gasteiger partial charge in [0, 0.05) is 12.1 Å². The third kappa shape index (κ3) is 3.64. The van der Waals surface area contributed by atoms with Crippen molar-refractivity contribution in [3.63, 3.8) is 0 Å². The van der Waals surface area contributed by atoms with Crippen LogP contribution in [0.1, 0.15) is 23.2 Å². The van der Waals surface area contributed by atoms with Crippen molar-refractivity contribution in [2.75, 3.05) is 0 Å². The van der Waals surface area contributed by atoms with Gasteiger partial charge in [-0.3, -0.25) is 20.2 Å². The van der Waals surface area contributed by atoms with Gasteiger partial charge in [-0.15, -0.1) is 0 Å². The number of non-ortho nitro benzene ring substituents is 2. The van der Waals surface area contributed by atoms with Crippen LogP contribution in [0.15, 0.2) is 18.2 Å². The summed E-state index contributed by atoms with van der Waals surface area (Å²) in [6.07, 6.45) is -5.21. The quantitative estimate of drug-likeness (QED) is 0.383. The zero-order valence-corrected chi connectivity index (χ0v) is 12.1. The molecule has 1 saturated carbocycles. The minimum Gasteiger partial charge on any atom is -0.456 e. The molecule has 11 heteroatoms. The van der Waals surface area contributed by atoms with Crippen molar-refractivity contribution in [1.29, 1.82) is 0 Å². The first-order chi connectivity index (χ1) is 11.2. The van der Waals surface area contributed by atoms with E-state index in [2.05, 4.69) is 0 Å². The lowest BCUT2D eigenvalue weighted by molar-refractivity contribution is -0.394. The summed E-state index contributed by atoms with van der Waals surface area (Å²) in [7, 11) is 0. The minimum atomic E-state index is -1.54.